The molecule has 2 amide bonds. The fraction of sp³-hybridized carbons (Fsp3) is 0.692. The van der Waals surface area contributed by atoms with Gasteiger partial charge in [0.2, 0.25) is 11.8 Å². The van der Waals surface area contributed by atoms with Crippen LogP contribution < -0.4 is 16.0 Å². The van der Waals surface area contributed by atoms with E-state index in [1.165, 1.54) is 0 Å². The van der Waals surface area contributed by atoms with Gasteiger partial charge in [0, 0.05) is 6.54 Å². The van der Waals surface area contributed by atoms with Crippen molar-refractivity contribution in [3.63, 3.8) is 0 Å². The molecule has 1 aromatic heterocycles. The van der Waals surface area contributed by atoms with Crippen molar-refractivity contribution in [3.8, 4) is 0 Å². The molecule has 1 aromatic rings. The van der Waals surface area contributed by atoms with Crippen LogP contribution in [0.5, 0.6) is 0 Å². The third-order valence-electron chi connectivity index (χ3n) is 3.29. The summed E-state index contributed by atoms with van der Waals surface area (Å²) in [6, 6.07) is -0.625. The van der Waals surface area contributed by atoms with E-state index in [2.05, 4.69) is 26.1 Å². The van der Waals surface area contributed by atoms with E-state index in [0.717, 1.165) is 25.8 Å². The van der Waals surface area contributed by atoms with Crippen LogP contribution in [-0.4, -0.2) is 41.1 Å². The number of aromatic nitrogens is 2. The minimum absolute atomic E-state index is 0.0179. The lowest BCUT2D eigenvalue weighted by molar-refractivity contribution is -0.122. The maximum atomic E-state index is 12.0. The zero-order valence-electron chi connectivity index (χ0n) is 12.3. The SMILES string of the molecule is CCCNC(=O)C(C)NC(=O)c1noc(C2CCCN2)n1. The van der Waals surface area contributed by atoms with Gasteiger partial charge in [-0.2, -0.15) is 4.98 Å². The van der Waals surface area contributed by atoms with Crippen molar-refractivity contribution in [1.82, 2.24) is 26.1 Å². The van der Waals surface area contributed by atoms with Crippen molar-refractivity contribution in [2.24, 2.45) is 0 Å². The molecule has 8 nitrogen and oxygen atoms in total. The van der Waals surface area contributed by atoms with Gasteiger partial charge >= 0.3 is 0 Å². The van der Waals surface area contributed by atoms with Gasteiger partial charge in [-0.25, -0.2) is 0 Å². The fourth-order valence-electron chi connectivity index (χ4n) is 2.09. The van der Waals surface area contributed by atoms with Gasteiger partial charge in [-0.1, -0.05) is 12.1 Å². The molecule has 1 fully saturated rings. The number of nitrogens with one attached hydrogen (secondary N) is 3. The Labute approximate surface area is 123 Å². The fourth-order valence-corrected chi connectivity index (χ4v) is 2.09. The third-order valence-corrected chi connectivity index (χ3v) is 3.29. The second-order valence-electron chi connectivity index (χ2n) is 5.09. The molecular weight excluding hydrogens is 274 g/mol. The van der Waals surface area contributed by atoms with E-state index in [0.29, 0.717) is 12.4 Å². The topological polar surface area (TPSA) is 109 Å². The Hall–Kier alpha value is -1.96. The molecule has 2 unspecified atom stereocenters. The van der Waals surface area contributed by atoms with Gasteiger partial charge in [0.05, 0.1) is 6.04 Å². The first-order chi connectivity index (χ1) is 10.1. The van der Waals surface area contributed by atoms with E-state index >= 15 is 0 Å². The van der Waals surface area contributed by atoms with Gasteiger partial charge in [0.25, 0.3) is 11.7 Å². The molecule has 0 radical (unpaired) electrons. The summed E-state index contributed by atoms with van der Waals surface area (Å²) in [6.45, 7) is 5.06. The zero-order chi connectivity index (χ0) is 15.2. The van der Waals surface area contributed by atoms with Gasteiger partial charge < -0.3 is 20.5 Å². The molecule has 1 saturated heterocycles. The van der Waals surface area contributed by atoms with Crippen molar-refractivity contribution in [2.75, 3.05) is 13.1 Å². The van der Waals surface area contributed by atoms with Crippen LogP contribution in [0.3, 0.4) is 0 Å². The first kappa shape index (κ1) is 15.4. The van der Waals surface area contributed by atoms with Gasteiger partial charge in [-0.05, 0) is 32.7 Å². The van der Waals surface area contributed by atoms with Gasteiger partial charge in [-0.15, -0.1) is 0 Å². The van der Waals surface area contributed by atoms with E-state index in [9.17, 15) is 9.59 Å². The molecule has 116 valence electrons. The first-order valence-corrected chi connectivity index (χ1v) is 7.27. The van der Waals surface area contributed by atoms with Crippen LogP contribution in [0.1, 0.15) is 55.7 Å². The number of carbonyl (C=O) groups is 2. The Bertz CT molecular complexity index is 496. The number of hydrogen-bond acceptors (Lipinski definition) is 6. The van der Waals surface area contributed by atoms with E-state index < -0.39 is 11.9 Å². The molecule has 21 heavy (non-hydrogen) atoms. The second kappa shape index (κ2) is 7.16. The molecule has 0 aromatic carbocycles. The normalized spacial score (nSPS) is 19.2. The Kier molecular flexibility index (Phi) is 5.26. The van der Waals surface area contributed by atoms with Gasteiger partial charge in [-0.3, -0.25) is 9.59 Å². The van der Waals surface area contributed by atoms with Crippen LogP contribution in [-0.2, 0) is 4.79 Å². The Morgan fingerprint density at radius 2 is 2.33 bits per heavy atom. The van der Waals surface area contributed by atoms with Crippen LogP contribution >= 0.6 is 0 Å². The molecule has 1 aliphatic rings. The number of carbonyl (C=O) groups excluding carboxylic acids is 2. The van der Waals surface area contributed by atoms with Crippen molar-refractivity contribution >= 4 is 11.8 Å². The van der Waals surface area contributed by atoms with Crippen molar-refractivity contribution in [3.05, 3.63) is 11.7 Å². The number of rotatable bonds is 6. The molecule has 2 heterocycles. The molecular formula is C13H21N5O3. The molecule has 8 heteroatoms. The lowest BCUT2D eigenvalue weighted by Crippen LogP contribution is -2.45. The monoisotopic (exact) mass is 295 g/mol. The van der Waals surface area contributed by atoms with Crippen LogP contribution in [0.2, 0.25) is 0 Å². The summed E-state index contributed by atoms with van der Waals surface area (Å²) in [5.74, 6) is -0.372. The maximum absolute atomic E-state index is 12.0. The molecule has 2 rings (SSSR count). The highest BCUT2D eigenvalue weighted by molar-refractivity contribution is 5.94. The highest BCUT2D eigenvalue weighted by Crippen LogP contribution is 2.20. The summed E-state index contributed by atoms with van der Waals surface area (Å²) in [6.07, 6.45) is 2.80. The smallest absolute Gasteiger partial charge is 0.293 e. The number of hydrogen-bond donors (Lipinski definition) is 3. The lowest BCUT2D eigenvalue weighted by Gasteiger charge is -2.12. The molecule has 0 bridgehead atoms. The summed E-state index contributed by atoms with van der Waals surface area (Å²) in [7, 11) is 0. The molecule has 2 atom stereocenters. The van der Waals surface area contributed by atoms with Crippen LogP contribution in [0, 0.1) is 0 Å². The predicted octanol–water partition coefficient (Wildman–Crippen LogP) is 0.139. The largest absolute Gasteiger partial charge is 0.354 e. The first-order valence-electron chi connectivity index (χ1n) is 7.27. The minimum atomic E-state index is -0.643. The molecule has 1 aliphatic heterocycles. The van der Waals surface area contributed by atoms with Crippen LogP contribution in [0.25, 0.3) is 0 Å². The Morgan fingerprint density at radius 3 is 3.00 bits per heavy atom. The number of nitrogens with zero attached hydrogens (tertiary/aromatic N) is 2. The summed E-state index contributed by atoms with van der Waals surface area (Å²) < 4.78 is 5.09. The molecule has 0 aliphatic carbocycles. The lowest BCUT2D eigenvalue weighted by atomic mass is 10.2. The molecule has 3 N–H and O–H groups in total. The van der Waals surface area contributed by atoms with E-state index in [1.807, 2.05) is 6.92 Å². The molecule has 0 spiro atoms. The highest BCUT2D eigenvalue weighted by atomic mass is 16.5. The van der Waals surface area contributed by atoms with Crippen LogP contribution in [0.15, 0.2) is 4.52 Å². The highest BCUT2D eigenvalue weighted by Gasteiger charge is 2.25. The van der Waals surface area contributed by atoms with E-state index in [-0.39, 0.29) is 17.8 Å². The van der Waals surface area contributed by atoms with E-state index in [1.54, 1.807) is 6.92 Å². The third kappa shape index (κ3) is 4.01. The average Bonchev–Trinajstić information content (AvgIpc) is 3.14. The second-order valence-corrected chi connectivity index (χ2v) is 5.09. The summed E-state index contributed by atoms with van der Waals surface area (Å²) in [4.78, 5) is 27.7. The quantitative estimate of drug-likeness (QED) is 0.688. The van der Waals surface area contributed by atoms with Crippen molar-refractivity contribution < 1.29 is 14.1 Å². The maximum Gasteiger partial charge on any atom is 0.293 e. The zero-order valence-corrected chi connectivity index (χ0v) is 12.3. The predicted molar refractivity (Wildman–Crippen MR) is 74.5 cm³/mol. The minimum Gasteiger partial charge on any atom is -0.354 e. The van der Waals surface area contributed by atoms with E-state index in [4.69, 9.17) is 4.52 Å². The van der Waals surface area contributed by atoms with Gasteiger partial charge in [0.15, 0.2) is 0 Å². The molecule has 0 saturated carbocycles. The standard InChI is InChI=1S/C13H21N5O3/c1-3-6-15-11(19)8(2)16-12(20)10-17-13(21-18-10)9-5-4-7-14-9/h8-9,14H,3-7H2,1-2H3,(H,15,19)(H,16,20). The van der Waals surface area contributed by atoms with Gasteiger partial charge in [0.1, 0.15) is 6.04 Å². The summed E-state index contributed by atoms with van der Waals surface area (Å²) in [5.41, 5.74) is 0. The number of amides is 2. The van der Waals surface area contributed by atoms with Crippen molar-refractivity contribution in [1.29, 1.82) is 0 Å². The summed E-state index contributed by atoms with van der Waals surface area (Å²) >= 11 is 0. The van der Waals surface area contributed by atoms with Crippen LogP contribution in [0.4, 0.5) is 0 Å². The average molecular weight is 295 g/mol. The summed E-state index contributed by atoms with van der Waals surface area (Å²) in [5, 5.41) is 12.1. The Balaban J connectivity index is 1.89. The Morgan fingerprint density at radius 1 is 1.52 bits per heavy atom. The van der Waals surface area contributed by atoms with Crippen molar-refractivity contribution in [2.45, 2.75) is 45.2 Å².